The quantitative estimate of drug-likeness (QED) is 0.400. The second-order valence-corrected chi connectivity index (χ2v) is 9.26. The number of aryl methyl sites for hydroxylation is 2. The Kier molecular flexibility index (Phi) is 7.59. The van der Waals surface area contributed by atoms with Crippen molar-refractivity contribution in [3.05, 3.63) is 52.8 Å². The van der Waals surface area contributed by atoms with Crippen molar-refractivity contribution in [2.24, 2.45) is 0 Å². The van der Waals surface area contributed by atoms with Gasteiger partial charge in [-0.2, -0.15) is 4.98 Å². The number of hydrogen-bond acceptors (Lipinski definition) is 7. The third kappa shape index (κ3) is 5.90. The predicted molar refractivity (Wildman–Crippen MR) is 126 cm³/mol. The van der Waals surface area contributed by atoms with Crippen LogP contribution in [0.5, 0.6) is 0 Å². The fourth-order valence-electron chi connectivity index (χ4n) is 3.99. The summed E-state index contributed by atoms with van der Waals surface area (Å²) in [4.78, 5) is 36.0. The van der Waals surface area contributed by atoms with Gasteiger partial charge < -0.3 is 9.64 Å². The predicted octanol–water partition coefficient (Wildman–Crippen LogP) is 3.98. The van der Waals surface area contributed by atoms with Gasteiger partial charge in [-0.05, 0) is 44.4 Å². The number of hydrogen-bond donors (Lipinski definition) is 0. The van der Waals surface area contributed by atoms with Crippen molar-refractivity contribution in [2.45, 2.75) is 56.9 Å². The Labute approximate surface area is 197 Å². The molecule has 0 saturated carbocycles. The summed E-state index contributed by atoms with van der Waals surface area (Å²) in [6, 6.07) is 9.24. The van der Waals surface area contributed by atoms with Gasteiger partial charge in [-0.25, -0.2) is 14.3 Å². The highest BCUT2D eigenvalue weighted by Crippen LogP contribution is 2.23. The van der Waals surface area contributed by atoms with Crippen LogP contribution in [0.15, 0.2) is 35.5 Å². The number of likely N-dealkylation sites (tertiary alicyclic amines) is 1. The monoisotopic (exact) mass is 467 g/mol. The Hall–Kier alpha value is -2.94. The standard InChI is InChI=1S/C24H29N5O3S/c1-17-14-18(2)29-23(25-17)26-24(27-29)33-16-19-10-6-7-11-20(19)22(31)32-15-21(30)28-12-8-4-3-5-9-13-28/h6-7,10-11,14H,3-5,8-9,12-13,15-16H2,1-2H3. The molecule has 0 N–H and O–H groups in total. The van der Waals surface area contributed by atoms with Crippen LogP contribution in [0, 0.1) is 13.8 Å². The van der Waals surface area contributed by atoms with Gasteiger partial charge in [0, 0.05) is 30.2 Å². The normalized spacial score (nSPS) is 14.7. The summed E-state index contributed by atoms with van der Waals surface area (Å²) in [5.41, 5.74) is 3.12. The molecule has 1 aliphatic rings. The molecule has 0 bridgehead atoms. The molecule has 1 aromatic carbocycles. The molecule has 1 aliphatic heterocycles. The van der Waals surface area contributed by atoms with Crippen molar-refractivity contribution < 1.29 is 14.3 Å². The minimum absolute atomic E-state index is 0.121. The van der Waals surface area contributed by atoms with Crippen LogP contribution in [0.1, 0.15) is 59.4 Å². The first-order valence-corrected chi connectivity index (χ1v) is 12.4. The number of nitrogens with zero attached hydrogens (tertiary/aromatic N) is 5. The number of aromatic nitrogens is 4. The molecule has 33 heavy (non-hydrogen) atoms. The van der Waals surface area contributed by atoms with E-state index in [9.17, 15) is 9.59 Å². The van der Waals surface area contributed by atoms with E-state index in [0.29, 0.717) is 22.3 Å². The van der Waals surface area contributed by atoms with Crippen LogP contribution in [0.3, 0.4) is 0 Å². The van der Waals surface area contributed by atoms with E-state index in [4.69, 9.17) is 4.74 Å². The molecule has 2 aromatic heterocycles. The third-order valence-electron chi connectivity index (χ3n) is 5.73. The zero-order valence-electron chi connectivity index (χ0n) is 19.1. The summed E-state index contributed by atoms with van der Waals surface area (Å²) in [6.45, 7) is 5.14. The topological polar surface area (TPSA) is 89.7 Å². The van der Waals surface area contributed by atoms with Gasteiger partial charge in [-0.15, -0.1) is 5.10 Å². The van der Waals surface area contributed by atoms with Crippen molar-refractivity contribution in [3.63, 3.8) is 0 Å². The molecular weight excluding hydrogens is 438 g/mol. The van der Waals surface area contributed by atoms with Gasteiger partial charge >= 0.3 is 5.97 Å². The fraction of sp³-hybridized carbons (Fsp3) is 0.458. The van der Waals surface area contributed by atoms with E-state index < -0.39 is 5.97 Å². The summed E-state index contributed by atoms with van der Waals surface area (Å²) in [6.07, 6.45) is 5.53. The third-order valence-corrected chi connectivity index (χ3v) is 6.61. The lowest BCUT2D eigenvalue weighted by Crippen LogP contribution is -2.37. The zero-order valence-corrected chi connectivity index (χ0v) is 19.9. The number of benzene rings is 1. The first kappa shape index (κ1) is 23.2. The highest BCUT2D eigenvalue weighted by atomic mass is 32.2. The van der Waals surface area contributed by atoms with Crippen molar-refractivity contribution in [1.82, 2.24) is 24.5 Å². The van der Waals surface area contributed by atoms with Crippen molar-refractivity contribution >= 4 is 29.4 Å². The van der Waals surface area contributed by atoms with Gasteiger partial charge in [0.25, 0.3) is 11.7 Å². The second kappa shape index (κ2) is 10.8. The second-order valence-electron chi connectivity index (χ2n) is 8.32. The smallest absolute Gasteiger partial charge is 0.338 e. The highest BCUT2D eigenvalue weighted by molar-refractivity contribution is 7.98. The Bertz CT molecular complexity index is 1140. The molecule has 1 saturated heterocycles. The van der Waals surface area contributed by atoms with Crippen molar-refractivity contribution in [1.29, 1.82) is 0 Å². The molecule has 0 aliphatic carbocycles. The van der Waals surface area contributed by atoms with E-state index >= 15 is 0 Å². The molecule has 0 spiro atoms. The molecule has 0 radical (unpaired) electrons. The molecule has 8 nitrogen and oxygen atoms in total. The van der Waals surface area contributed by atoms with E-state index in [0.717, 1.165) is 55.7 Å². The average Bonchev–Trinajstić information content (AvgIpc) is 3.19. The molecule has 3 heterocycles. The lowest BCUT2D eigenvalue weighted by atomic mass is 10.1. The van der Waals surface area contributed by atoms with E-state index in [1.807, 2.05) is 36.9 Å². The number of thioether (sulfide) groups is 1. The number of fused-ring (bicyclic) bond motifs is 1. The number of amides is 1. The maximum atomic E-state index is 12.8. The maximum Gasteiger partial charge on any atom is 0.338 e. The summed E-state index contributed by atoms with van der Waals surface area (Å²) in [7, 11) is 0. The molecule has 1 amide bonds. The van der Waals surface area contributed by atoms with Gasteiger partial charge in [0.05, 0.1) is 5.56 Å². The molecule has 3 aromatic rings. The van der Waals surface area contributed by atoms with E-state index in [1.54, 1.807) is 16.6 Å². The first-order chi connectivity index (χ1) is 16.0. The van der Waals surface area contributed by atoms with E-state index in [-0.39, 0.29) is 12.5 Å². The Balaban J connectivity index is 1.38. The van der Waals surface area contributed by atoms with Gasteiger partial charge in [-0.3, -0.25) is 4.79 Å². The number of rotatable bonds is 6. The van der Waals surface area contributed by atoms with Gasteiger partial charge in [0.15, 0.2) is 6.61 Å². The van der Waals surface area contributed by atoms with Gasteiger partial charge in [-0.1, -0.05) is 49.2 Å². The van der Waals surface area contributed by atoms with Crippen LogP contribution in [0.2, 0.25) is 0 Å². The van der Waals surface area contributed by atoms with Crippen molar-refractivity contribution in [3.8, 4) is 0 Å². The number of carbonyl (C=O) groups excluding carboxylic acids is 2. The molecule has 4 rings (SSSR count). The van der Waals surface area contributed by atoms with Crippen LogP contribution >= 0.6 is 11.8 Å². The van der Waals surface area contributed by atoms with Crippen LogP contribution in [0.25, 0.3) is 5.78 Å². The minimum Gasteiger partial charge on any atom is -0.452 e. The summed E-state index contributed by atoms with van der Waals surface area (Å²) in [5.74, 6) is 0.456. The fourth-order valence-corrected chi connectivity index (χ4v) is 4.81. The Morgan fingerprint density at radius 1 is 1.03 bits per heavy atom. The zero-order chi connectivity index (χ0) is 23.2. The maximum absolute atomic E-state index is 12.8. The molecule has 0 atom stereocenters. The van der Waals surface area contributed by atoms with E-state index in [1.165, 1.54) is 18.2 Å². The van der Waals surface area contributed by atoms with Crippen LogP contribution in [-0.2, 0) is 15.3 Å². The number of esters is 1. The molecule has 0 unspecified atom stereocenters. The van der Waals surface area contributed by atoms with E-state index in [2.05, 4.69) is 15.1 Å². The van der Waals surface area contributed by atoms with Crippen LogP contribution in [-0.4, -0.2) is 56.1 Å². The highest BCUT2D eigenvalue weighted by Gasteiger charge is 2.19. The molecule has 9 heteroatoms. The Morgan fingerprint density at radius 2 is 1.76 bits per heavy atom. The van der Waals surface area contributed by atoms with Gasteiger partial charge in [0.1, 0.15) is 0 Å². The number of carbonyl (C=O) groups is 2. The SMILES string of the molecule is Cc1cc(C)n2nc(SCc3ccccc3C(=O)OCC(=O)N3CCCCCCC3)nc2n1. The summed E-state index contributed by atoms with van der Waals surface area (Å²) in [5, 5.41) is 5.10. The summed E-state index contributed by atoms with van der Waals surface area (Å²) < 4.78 is 7.11. The molecule has 1 fully saturated rings. The number of ether oxygens (including phenoxy) is 1. The molecular formula is C24H29N5O3S. The van der Waals surface area contributed by atoms with Crippen LogP contribution < -0.4 is 0 Å². The van der Waals surface area contributed by atoms with Crippen molar-refractivity contribution in [2.75, 3.05) is 19.7 Å². The lowest BCUT2D eigenvalue weighted by Gasteiger charge is -2.24. The van der Waals surface area contributed by atoms with Gasteiger partial charge in [0.2, 0.25) is 5.16 Å². The van der Waals surface area contributed by atoms with Crippen LogP contribution in [0.4, 0.5) is 0 Å². The Morgan fingerprint density at radius 3 is 2.55 bits per heavy atom. The summed E-state index contributed by atoms with van der Waals surface area (Å²) >= 11 is 1.43. The largest absolute Gasteiger partial charge is 0.452 e. The minimum atomic E-state index is -0.484. The molecule has 174 valence electrons. The first-order valence-electron chi connectivity index (χ1n) is 11.4. The lowest BCUT2D eigenvalue weighted by molar-refractivity contribution is -0.134. The average molecular weight is 468 g/mol.